The van der Waals surface area contributed by atoms with Gasteiger partial charge in [-0.3, -0.25) is 4.98 Å². The molecular formula is C6H8ClN3O. The number of nitrogens with one attached hydrogen (secondary N) is 1. The summed E-state index contributed by atoms with van der Waals surface area (Å²) in [6.45, 7) is 0. The van der Waals surface area contributed by atoms with E-state index in [2.05, 4.69) is 10.3 Å². The minimum atomic E-state index is -0.576. The van der Waals surface area contributed by atoms with Crippen LogP contribution < -0.4 is 11.1 Å². The molecule has 1 heterocycles. The van der Waals surface area contributed by atoms with E-state index in [0.717, 1.165) is 0 Å². The summed E-state index contributed by atoms with van der Waals surface area (Å²) in [5, 5.41) is 2.38. The largest absolute Gasteiger partial charge is 0.351 e. The number of rotatable bonds is 1. The maximum absolute atomic E-state index is 10.3. The van der Waals surface area contributed by atoms with Gasteiger partial charge in [-0.25, -0.2) is 4.79 Å². The van der Waals surface area contributed by atoms with Gasteiger partial charge in [0.2, 0.25) is 0 Å². The van der Waals surface area contributed by atoms with Crippen LogP contribution in [-0.4, -0.2) is 11.0 Å². The van der Waals surface area contributed by atoms with Crippen molar-refractivity contribution in [2.24, 2.45) is 5.73 Å². The molecule has 0 radical (unpaired) electrons. The summed E-state index contributed by atoms with van der Waals surface area (Å²) in [5.41, 5.74) is 5.45. The lowest BCUT2D eigenvalue weighted by atomic mass is 10.4. The monoisotopic (exact) mass is 173 g/mol. The number of primary amides is 1. The minimum absolute atomic E-state index is 0. The second-order valence-corrected chi connectivity index (χ2v) is 1.73. The quantitative estimate of drug-likeness (QED) is 0.665. The molecule has 0 aromatic carbocycles. The Labute approximate surface area is 70.2 Å². The Morgan fingerprint density at radius 2 is 2.36 bits per heavy atom. The zero-order valence-electron chi connectivity index (χ0n) is 5.65. The topological polar surface area (TPSA) is 68.0 Å². The van der Waals surface area contributed by atoms with Gasteiger partial charge < -0.3 is 11.1 Å². The number of hydrogen-bond donors (Lipinski definition) is 2. The molecule has 0 spiro atoms. The Bertz CT molecular complexity index is 227. The van der Waals surface area contributed by atoms with E-state index in [1.54, 1.807) is 18.3 Å². The molecule has 0 fully saturated rings. The van der Waals surface area contributed by atoms with Crippen LogP contribution in [0.25, 0.3) is 0 Å². The van der Waals surface area contributed by atoms with E-state index >= 15 is 0 Å². The summed E-state index contributed by atoms with van der Waals surface area (Å²) in [5.74, 6) is 0. The lowest BCUT2D eigenvalue weighted by Gasteiger charge is -1.97. The smallest absolute Gasteiger partial charge is 0.316 e. The third-order valence-corrected chi connectivity index (χ3v) is 0.929. The molecule has 0 saturated heterocycles. The van der Waals surface area contributed by atoms with Gasteiger partial charge in [0, 0.05) is 6.20 Å². The van der Waals surface area contributed by atoms with Crippen molar-refractivity contribution in [2.75, 3.05) is 5.32 Å². The molecule has 3 N–H and O–H groups in total. The maximum atomic E-state index is 10.3. The van der Waals surface area contributed by atoms with Crippen molar-refractivity contribution < 1.29 is 4.79 Å². The van der Waals surface area contributed by atoms with Crippen LogP contribution in [0.15, 0.2) is 24.5 Å². The molecule has 0 unspecified atom stereocenters. The van der Waals surface area contributed by atoms with Gasteiger partial charge >= 0.3 is 6.03 Å². The molecule has 0 aliphatic heterocycles. The summed E-state index contributed by atoms with van der Waals surface area (Å²) in [7, 11) is 0. The van der Waals surface area contributed by atoms with Crippen molar-refractivity contribution in [3.8, 4) is 0 Å². The fourth-order valence-electron chi connectivity index (χ4n) is 0.579. The summed E-state index contributed by atoms with van der Waals surface area (Å²) in [6.07, 6.45) is 3.14. The molecule has 0 aliphatic carbocycles. The lowest BCUT2D eigenvalue weighted by Crippen LogP contribution is -2.19. The number of amides is 2. The first-order valence-electron chi connectivity index (χ1n) is 2.75. The van der Waals surface area contributed by atoms with Crippen LogP contribution in [0.3, 0.4) is 0 Å². The highest BCUT2D eigenvalue weighted by atomic mass is 35.5. The van der Waals surface area contributed by atoms with E-state index in [1.165, 1.54) is 6.20 Å². The summed E-state index contributed by atoms with van der Waals surface area (Å²) in [4.78, 5) is 14.0. The van der Waals surface area contributed by atoms with E-state index in [1.807, 2.05) is 0 Å². The van der Waals surface area contributed by atoms with Gasteiger partial charge in [-0.15, -0.1) is 12.4 Å². The van der Waals surface area contributed by atoms with Gasteiger partial charge in [0.1, 0.15) is 0 Å². The van der Waals surface area contributed by atoms with Crippen molar-refractivity contribution in [3.05, 3.63) is 24.5 Å². The summed E-state index contributed by atoms with van der Waals surface area (Å²) >= 11 is 0. The van der Waals surface area contributed by atoms with Crippen molar-refractivity contribution >= 4 is 24.1 Å². The van der Waals surface area contributed by atoms with Crippen molar-refractivity contribution in [2.45, 2.75) is 0 Å². The van der Waals surface area contributed by atoms with Gasteiger partial charge in [0.25, 0.3) is 0 Å². The van der Waals surface area contributed by atoms with Gasteiger partial charge in [0.15, 0.2) is 0 Å². The summed E-state index contributed by atoms with van der Waals surface area (Å²) < 4.78 is 0. The number of carbonyl (C=O) groups is 1. The third kappa shape index (κ3) is 3.42. The zero-order valence-corrected chi connectivity index (χ0v) is 6.47. The SMILES string of the molecule is Cl.NC(=O)Nc1cccnc1. The van der Waals surface area contributed by atoms with Crippen LogP contribution >= 0.6 is 12.4 Å². The van der Waals surface area contributed by atoms with E-state index < -0.39 is 6.03 Å². The average Bonchev–Trinajstić information content (AvgIpc) is 1.88. The average molecular weight is 174 g/mol. The maximum Gasteiger partial charge on any atom is 0.316 e. The Morgan fingerprint density at radius 1 is 1.64 bits per heavy atom. The first-order chi connectivity index (χ1) is 4.79. The van der Waals surface area contributed by atoms with Gasteiger partial charge in [-0.1, -0.05) is 0 Å². The normalized spacial score (nSPS) is 8.00. The molecule has 0 atom stereocenters. The van der Waals surface area contributed by atoms with Crippen molar-refractivity contribution in [3.63, 3.8) is 0 Å². The van der Waals surface area contributed by atoms with Crippen LogP contribution in [0.2, 0.25) is 0 Å². The number of nitrogens with zero attached hydrogens (tertiary/aromatic N) is 1. The van der Waals surface area contributed by atoms with E-state index in [-0.39, 0.29) is 12.4 Å². The Balaban J connectivity index is 0.000001000. The predicted octanol–water partition coefficient (Wildman–Crippen LogP) is 0.994. The molecule has 0 aliphatic rings. The molecular weight excluding hydrogens is 166 g/mol. The highest BCUT2D eigenvalue weighted by Gasteiger charge is 1.91. The number of halogens is 1. The van der Waals surface area contributed by atoms with Crippen LogP contribution in [-0.2, 0) is 0 Å². The molecule has 2 amide bonds. The predicted molar refractivity (Wildman–Crippen MR) is 44.7 cm³/mol. The first kappa shape index (κ1) is 9.71. The van der Waals surface area contributed by atoms with Crippen LogP contribution in [0.4, 0.5) is 10.5 Å². The van der Waals surface area contributed by atoms with E-state index in [0.29, 0.717) is 5.69 Å². The zero-order chi connectivity index (χ0) is 7.40. The summed E-state index contributed by atoms with van der Waals surface area (Å²) in [6, 6.07) is 2.84. The Hall–Kier alpha value is -1.29. The fraction of sp³-hybridized carbons (Fsp3) is 0. The lowest BCUT2D eigenvalue weighted by molar-refractivity contribution is 0.259. The number of pyridine rings is 1. The van der Waals surface area contributed by atoms with Gasteiger partial charge in [-0.2, -0.15) is 0 Å². The molecule has 11 heavy (non-hydrogen) atoms. The first-order valence-corrected chi connectivity index (χ1v) is 2.75. The van der Waals surface area contributed by atoms with Crippen LogP contribution in [0.1, 0.15) is 0 Å². The standard InChI is InChI=1S/C6H7N3O.ClH/c7-6(10)9-5-2-1-3-8-4-5;/h1-4H,(H3,7,9,10);1H. The molecule has 5 heteroatoms. The molecule has 0 saturated carbocycles. The number of urea groups is 1. The number of nitrogens with two attached hydrogens (primary N) is 1. The molecule has 60 valence electrons. The van der Waals surface area contributed by atoms with Crippen molar-refractivity contribution in [1.29, 1.82) is 0 Å². The highest BCUT2D eigenvalue weighted by molar-refractivity contribution is 5.87. The minimum Gasteiger partial charge on any atom is -0.351 e. The number of aromatic nitrogens is 1. The van der Waals surface area contributed by atoms with E-state index in [4.69, 9.17) is 5.73 Å². The highest BCUT2D eigenvalue weighted by Crippen LogP contribution is 2.00. The Kier molecular flexibility index (Phi) is 3.98. The second-order valence-electron chi connectivity index (χ2n) is 1.73. The molecule has 0 bridgehead atoms. The van der Waals surface area contributed by atoms with E-state index in [9.17, 15) is 4.79 Å². The van der Waals surface area contributed by atoms with Gasteiger partial charge in [0.05, 0.1) is 11.9 Å². The Morgan fingerprint density at radius 3 is 2.82 bits per heavy atom. The molecule has 1 aromatic heterocycles. The molecule has 4 nitrogen and oxygen atoms in total. The fourth-order valence-corrected chi connectivity index (χ4v) is 0.579. The van der Waals surface area contributed by atoms with Crippen LogP contribution in [0.5, 0.6) is 0 Å². The number of carbonyl (C=O) groups excluding carboxylic acids is 1. The van der Waals surface area contributed by atoms with Gasteiger partial charge in [-0.05, 0) is 12.1 Å². The second kappa shape index (κ2) is 4.51. The third-order valence-electron chi connectivity index (χ3n) is 0.929. The number of hydrogen-bond acceptors (Lipinski definition) is 2. The molecule has 1 rings (SSSR count). The number of anilines is 1. The van der Waals surface area contributed by atoms with Crippen molar-refractivity contribution in [1.82, 2.24) is 4.98 Å². The molecule has 1 aromatic rings. The van der Waals surface area contributed by atoms with Crippen LogP contribution in [0, 0.1) is 0 Å².